The monoisotopic (exact) mass is 792 g/mol. The molecule has 2 aliphatic carbocycles. The van der Waals surface area contributed by atoms with E-state index in [9.17, 15) is 37.5 Å². The summed E-state index contributed by atoms with van der Waals surface area (Å²) in [5.41, 5.74) is -0.640. The number of pyridine rings is 1. The van der Waals surface area contributed by atoms with Crippen molar-refractivity contribution in [1.29, 1.82) is 0 Å². The molecular formula is C38H36ClF3N8O6. The minimum atomic E-state index is -4.62. The van der Waals surface area contributed by atoms with Crippen LogP contribution in [0.2, 0.25) is 5.02 Å². The maximum atomic E-state index is 14.6. The van der Waals surface area contributed by atoms with Crippen LogP contribution in [0.25, 0.3) is 11.4 Å². The van der Waals surface area contributed by atoms with Crippen molar-refractivity contribution >= 4 is 46.4 Å². The zero-order chi connectivity index (χ0) is 39.3. The van der Waals surface area contributed by atoms with E-state index in [4.69, 9.17) is 21.3 Å². The number of rotatable bonds is 6. The molecule has 292 valence electrons. The van der Waals surface area contributed by atoms with Crippen LogP contribution in [-0.4, -0.2) is 96.2 Å². The Morgan fingerprint density at radius 1 is 1.11 bits per heavy atom. The normalized spacial score (nSPS) is 22.0. The van der Waals surface area contributed by atoms with Crippen LogP contribution in [0.3, 0.4) is 0 Å². The van der Waals surface area contributed by atoms with Crippen LogP contribution in [0.1, 0.15) is 71.7 Å². The fraction of sp³-hybridized carbons (Fsp3) is 0.447. The van der Waals surface area contributed by atoms with Gasteiger partial charge >= 0.3 is 6.18 Å². The van der Waals surface area contributed by atoms with E-state index in [0.29, 0.717) is 69.9 Å². The van der Waals surface area contributed by atoms with Gasteiger partial charge in [-0.2, -0.15) is 22.7 Å². The molecule has 1 aromatic carbocycles. The van der Waals surface area contributed by atoms with Gasteiger partial charge in [0.1, 0.15) is 12.3 Å². The molecule has 6 heterocycles. The molecule has 0 unspecified atom stereocenters. The molecule has 0 bridgehead atoms. The van der Waals surface area contributed by atoms with Crippen molar-refractivity contribution in [2.75, 3.05) is 44.7 Å². The summed E-state index contributed by atoms with van der Waals surface area (Å²) in [6, 6.07) is 5.61. The Kier molecular flexibility index (Phi) is 8.36. The number of fused-ring (bicyclic) bond motifs is 6. The highest BCUT2D eigenvalue weighted by molar-refractivity contribution is 6.33. The third-order valence-corrected chi connectivity index (χ3v) is 12.4. The number of carbonyl (C=O) groups excluding carboxylic acids is 3. The lowest BCUT2D eigenvalue weighted by Crippen LogP contribution is -2.54. The summed E-state index contributed by atoms with van der Waals surface area (Å²) in [5.74, 6) is -0.801. The number of aromatic hydroxyl groups is 1. The first-order chi connectivity index (χ1) is 26.7. The maximum absolute atomic E-state index is 14.6. The molecule has 3 amide bonds. The highest BCUT2D eigenvalue weighted by Crippen LogP contribution is 2.67. The molecule has 3 aromatic heterocycles. The number of halogens is 4. The number of carbonyl (C=O) groups is 3. The number of piperidine rings is 1. The third-order valence-electron chi connectivity index (χ3n) is 12.1. The molecule has 56 heavy (non-hydrogen) atoms. The van der Waals surface area contributed by atoms with Gasteiger partial charge in [0, 0.05) is 55.0 Å². The van der Waals surface area contributed by atoms with Crippen LogP contribution >= 0.6 is 11.6 Å². The summed E-state index contributed by atoms with van der Waals surface area (Å²) in [7, 11) is 0. The number of alkyl halides is 3. The molecule has 5 aliphatic rings. The smallest absolute Gasteiger partial charge is 0.416 e. The van der Waals surface area contributed by atoms with Crippen molar-refractivity contribution < 1.29 is 37.4 Å². The van der Waals surface area contributed by atoms with Crippen LogP contribution in [-0.2, 0) is 32.5 Å². The first kappa shape index (κ1) is 36.4. The molecule has 3 fully saturated rings. The van der Waals surface area contributed by atoms with Crippen molar-refractivity contribution in [1.82, 2.24) is 33.9 Å². The number of aromatic nitrogens is 5. The van der Waals surface area contributed by atoms with E-state index in [-0.39, 0.29) is 63.6 Å². The Labute approximate surface area is 321 Å². The number of hydrogen-bond donors (Lipinski definition) is 2. The number of benzene rings is 1. The average Bonchev–Trinajstić information content (AvgIpc) is 3.76. The van der Waals surface area contributed by atoms with E-state index in [2.05, 4.69) is 15.4 Å². The standard InChI is InChI=1S/C38H36ClF3N8O6/c1-36(18-56-19-36)34(55)48-11-6-20(7-12-48)31-45-35-49(17-27(52)44-25-5-4-21(15-24(25)39)38(40,41)42)30-22-16-23(22)37(28(30)32(53)50(35)46-31)8-13-47(14-9-37)33(54)29-26(51)3-2-10-43-29/h2-6,10,15,22-23,51H,7-9,11-14,16-19H2,1H3,(H,44,52)/t22-,23+/m0/s1. The molecule has 2 atom stereocenters. The number of nitrogens with zero attached hydrogens (tertiary/aromatic N) is 7. The van der Waals surface area contributed by atoms with Gasteiger partial charge in [0.25, 0.3) is 11.5 Å². The van der Waals surface area contributed by atoms with Gasteiger partial charge in [0.05, 0.1) is 34.9 Å². The van der Waals surface area contributed by atoms with Gasteiger partial charge in [-0.3, -0.25) is 19.2 Å². The number of likely N-dealkylation sites (tertiary alicyclic amines) is 1. The van der Waals surface area contributed by atoms with Gasteiger partial charge in [-0.1, -0.05) is 17.7 Å². The van der Waals surface area contributed by atoms with E-state index < -0.39 is 34.4 Å². The molecular weight excluding hydrogens is 757 g/mol. The predicted octanol–water partition coefficient (Wildman–Crippen LogP) is 4.25. The molecule has 2 saturated heterocycles. The van der Waals surface area contributed by atoms with Gasteiger partial charge in [-0.25, -0.2) is 4.98 Å². The molecule has 1 saturated carbocycles. The zero-order valence-electron chi connectivity index (χ0n) is 30.1. The second-order valence-corrected chi connectivity index (χ2v) is 16.0. The molecule has 2 N–H and O–H groups in total. The van der Waals surface area contributed by atoms with Crippen LogP contribution in [0.4, 0.5) is 18.9 Å². The van der Waals surface area contributed by atoms with Crippen molar-refractivity contribution in [3.63, 3.8) is 0 Å². The van der Waals surface area contributed by atoms with Crippen molar-refractivity contribution in [3.05, 3.63) is 86.3 Å². The highest BCUT2D eigenvalue weighted by Gasteiger charge is 2.64. The Morgan fingerprint density at radius 3 is 2.52 bits per heavy atom. The predicted molar refractivity (Wildman–Crippen MR) is 194 cm³/mol. The summed E-state index contributed by atoms with van der Waals surface area (Å²) in [6.07, 6.45) is 0.779. The Hall–Kier alpha value is -5.29. The van der Waals surface area contributed by atoms with Crippen LogP contribution in [0.15, 0.2) is 47.4 Å². The van der Waals surface area contributed by atoms with Crippen molar-refractivity contribution in [2.24, 2.45) is 11.3 Å². The second kappa shape index (κ2) is 12.9. The topological polar surface area (TPSA) is 164 Å². The number of ether oxygens (including phenoxy) is 1. The number of amides is 3. The second-order valence-electron chi connectivity index (χ2n) is 15.6. The molecule has 0 radical (unpaired) electrons. The van der Waals surface area contributed by atoms with E-state index in [1.165, 1.54) is 22.8 Å². The largest absolute Gasteiger partial charge is 0.505 e. The number of nitrogens with one attached hydrogen (secondary N) is 1. The van der Waals surface area contributed by atoms with Gasteiger partial charge in [0.15, 0.2) is 11.5 Å². The van der Waals surface area contributed by atoms with E-state index in [1.54, 1.807) is 14.4 Å². The average molecular weight is 793 g/mol. The quantitative estimate of drug-likeness (QED) is 0.291. The summed E-state index contributed by atoms with van der Waals surface area (Å²) in [4.78, 5) is 67.2. The van der Waals surface area contributed by atoms with Gasteiger partial charge in [0.2, 0.25) is 17.6 Å². The van der Waals surface area contributed by atoms with E-state index >= 15 is 0 Å². The number of anilines is 1. The fourth-order valence-electron chi connectivity index (χ4n) is 9.05. The van der Waals surface area contributed by atoms with Gasteiger partial charge in [-0.05, 0) is 74.4 Å². The van der Waals surface area contributed by atoms with Crippen molar-refractivity contribution in [3.8, 4) is 5.75 Å². The molecule has 18 heteroatoms. The molecule has 14 nitrogen and oxygen atoms in total. The maximum Gasteiger partial charge on any atom is 0.416 e. The molecule has 3 aliphatic heterocycles. The summed E-state index contributed by atoms with van der Waals surface area (Å²) in [5, 5.41) is 17.3. The SMILES string of the molecule is CC1(C(=O)N2CC=C(c3nc4n(CC(=O)Nc5ccc(C(F)(F)F)cc5Cl)c5c(c(=O)n4n3)C3(CCN(C(=O)c4ncccc4O)CC3)[C@@H]3C[C@H]53)CC2)COC1. The number of hydrogen-bond acceptors (Lipinski definition) is 9. The lowest BCUT2D eigenvalue weighted by Gasteiger charge is -2.41. The van der Waals surface area contributed by atoms with Crippen molar-refractivity contribution in [2.45, 2.75) is 56.7 Å². The van der Waals surface area contributed by atoms with Gasteiger partial charge in [-0.15, -0.1) is 5.10 Å². The minimum absolute atomic E-state index is 0.00569. The molecule has 1 spiro atoms. The Balaban J connectivity index is 1.07. The highest BCUT2D eigenvalue weighted by atomic mass is 35.5. The van der Waals surface area contributed by atoms with Crippen LogP contribution < -0.4 is 10.9 Å². The lowest BCUT2D eigenvalue weighted by molar-refractivity contribution is -0.168. The minimum Gasteiger partial charge on any atom is -0.505 e. The first-order valence-corrected chi connectivity index (χ1v) is 18.8. The summed E-state index contributed by atoms with van der Waals surface area (Å²) < 4.78 is 48.1. The lowest BCUT2D eigenvalue weighted by atomic mass is 9.71. The van der Waals surface area contributed by atoms with E-state index in [0.717, 1.165) is 30.2 Å². The first-order valence-electron chi connectivity index (χ1n) is 18.4. The summed E-state index contributed by atoms with van der Waals surface area (Å²) >= 11 is 6.18. The Morgan fingerprint density at radius 2 is 1.88 bits per heavy atom. The molecule has 9 rings (SSSR count). The Bertz CT molecular complexity index is 2430. The third kappa shape index (κ3) is 5.76. The zero-order valence-corrected chi connectivity index (χ0v) is 30.9. The van der Waals surface area contributed by atoms with E-state index in [1.807, 2.05) is 13.0 Å². The van der Waals surface area contributed by atoms with Crippen LogP contribution in [0.5, 0.6) is 5.75 Å². The van der Waals surface area contributed by atoms with Gasteiger partial charge < -0.3 is 29.5 Å². The molecule has 4 aromatic rings. The fourth-order valence-corrected chi connectivity index (χ4v) is 9.28. The summed E-state index contributed by atoms with van der Waals surface area (Å²) in [6.45, 7) is 3.63. The van der Waals surface area contributed by atoms with Crippen LogP contribution in [0, 0.1) is 11.3 Å².